The SMILES string of the molecule is CCCCOc1ncc2[nH]cc(Cc3ccc(CN4CCC(F)(F)C4)cc3)c2n1. The maximum Gasteiger partial charge on any atom is 0.317 e. The number of hydrogen-bond acceptors (Lipinski definition) is 4. The van der Waals surface area contributed by atoms with Crippen LogP contribution in [0.3, 0.4) is 0 Å². The normalized spacial score (nSPS) is 16.5. The molecule has 0 amide bonds. The van der Waals surface area contributed by atoms with Crippen molar-refractivity contribution in [3.05, 3.63) is 53.3 Å². The Bertz CT molecular complexity index is 955. The van der Waals surface area contributed by atoms with E-state index in [-0.39, 0.29) is 13.0 Å². The van der Waals surface area contributed by atoms with Crippen LogP contribution in [0.2, 0.25) is 0 Å². The first-order chi connectivity index (χ1) is 14.0. The zero-order chi connectivity index (χ0) is 20.3. The second-order valence-corrected chi connectivity index (χ2v) is 7.74. The lowest BCUT2D eigenvalue weighted by molar-refractivity contribution is 0.0115. The summed E-state index contributed by atoms with van der Waals surface area (Å²) in [7, 11) is 0. The fraction of sp³-hybridized carbons (Fsp3) is 0.455. The topological polar surface area (TPSA) is 54.0 Å². The lowest BCUT2D eigenvalue weighted by Gasteiger charge is -2.15. The van der Waals surface area contributed by atoms with Crippen LogP contribution in [0.1, 0.15) is 42.9 Å². The predicted molar refractivity (Wildman–Crippen MR) is 108 cm³/mol. The van der Waals surface area contributed by atoms with Gasteiger partial charge in [0.15, 0.2) is 0 Å². The summed E-state index contributed by atoms with van der Waals surface area (Å²) in [4.78, 5) is 13.8. The highest BCUT2D eigenvalue weighted by Crippen LogP contribution is 2.28. The number of H-pyrrole nitrogens is 1. The molecule has 5 nitrogen and oxygen atoms in total. The number of nitrogens with one attached hydrogen (secondary N) is 1. The summed E-state index contributed by atoms with van der Waals surface area (Å²) < 4.78 is 32.3. The number of likely N-dealkylation sites (tertiary alicyclic amines) is 1. The zero-order valence-corrected chi connectivity index (χ0v) is 16.6. The highest BCUT2D eigenvalue weighted by atomic mass is 19.3. The number of nitrogens with zero attached hydrogens (tertiary/aromatic N) is 3. The third-order valence-corrected chi connectivity index (χ3v) is 5.27. The smallest absolute Gasteiger partial charge is 0.317 e. The first kappa shape index (κ1) is 19.8. The van der Waals surface area contributed by atoms with Crippen LogP contribution in [0.25, 0.3) is 11.0 Å². The standard InChI is InChI=1S/C22H26F2N4O/c1-2-3-10-29-21-26-13-19-20(27-21)18(12-25-19)11-16-4-6-17(7-5-16)14-28-9-8-22(23,24)15-28/h4-7,12-13,25H,2-3,8-11,14-15H2,1H3. The van der Waals surface area contributed by atoms with Crippen molar-refractivity contribution in [3.63, 3.8) is 0 Å². The largest absolute Gasteiger partial charge is 0.463 e. The van der Waals surface area contributed by atoms with Crippen molar-refractivity contribution in [1.29, 1.82) is 0 Å². The molecule has 0 aliphatic carbocycles. The lowest BCUT2D eigenvalue weighted by Crippen LogP contribution is -2.24. The molecule has 0 atom stereocenters. The molecule has 0 unspecified atom stereocenters. The van der Waals surface area contributed by atoms with Gasteiger partial charge in [0.1, 0.15) is 0 Å². The second kappa shape index (κ2) is 8.45. The van der Waals surface area contributed by atoms with Crippen LogP contribution >= 0.6 is 0 Å². The number of aromatic amines is 1. The number of alkyl halides is 2. The Morgan fingerprint density at radius 1 is 1.21 bits per heavy atom. The number of unbranched alkanes of at least 4 members (excludes halogenated alkanes) is 1. The van der Waals surface area contributed by atoms with E-state index in [1.54, 1.807) is 6.20 Å². The molecule has 1 aromatic carbocycles. The Hall–Kier alpha value is -2.54. The van der Waals surface area contributed by atoms with Gasteiger partial charge in [-0.1, -0.05) is 37.6 Å². The molecular weight excluding hydrogens is 374 g/mol. The summed E-state index contributed by atoms with van der Waals surface area (Å²) in [5.74, 6) is -2.55. The van der Waals surface area contributed by atoms with Crippen molar-refractivity contribution >= 4 is 11.0 Å². The quantitative estimate of drug-likeness (QED) is 0.563. The molecule has 2 aromatic heterocycles. The molecule has 0 radical (unpaired) electrons. The Balaban J connectivity index is 1.42. The summed E-state index contributed by atoms with van der Waals surface area (Å²) in [6, 6.07) is 8.57. The molecule has 1 N–H and O–H groups in total. The van der Waals surface area contributed by atoms with Gasteiger partial charge in [-0.2, -0.15) is 4.98 Å². The van der Waals surface area contributed by atoms with Crippen molar-refractivity contribution < 1.29 is 13.5 Å². The summed E-state index contributed by atoms with van der Waals surface area (Å²) in [5, 5.41) is 0. The van der Waals surface area contributed by atoms with E-state index in [2.05, 4.69) is 34.0 Å². The molecule has 1 saturated heterocycles. The Kier molecular flexibility index (Phi) is 5.76. The van der Waals surface area contributed by atoms with Gasteiger partial charge < -0.3 is 9.72 Å². The molecule has 3 aromatic rings. The molecule has 3 heterocycles. The second-order valence-electron chi connectivity index (χ2n) is 7.74. The van der Waals surface area contributed by atoms with Crippen molar-refractivity contribution in [2.45, 2.75) is 45.1 Å². The first-order valence-electron chi connectivity index (χ1n) is 10.2. The van der Waals surface area contributed by atoms with Crippen LogP contribution < -0.4 is 4.74 Å². The molecule has 0 saturated carbocycles. The van der Waals surface area contributed by atoms with Gasteiger partial charge in [0.25, 0.3) is 5.92 Å². The van der Waals surface area contributed by atoms with Gasteiger partial charge in [-0.15, -0.1) is 0 Å². The van der Waals surface area contributed by atoms with Gasteiger partial charge in [0.05, 0.1) is 30.4 Å². The molecule has 1 fully saturated rings. The van der Waals surface area contributed by atoms with Crippen LogP contribution in [0, 0.1) is 0 Å². The minimum absolute atomic E-state index is 0.0440. The fourth-order valence-corrected chi connectivity index (χ4v) is 3.64. The highest BCUT2D eigenvalue weighted by Gasteiger charge is 2.37. The number of benzene rings is 1. The van der Waals surface area contributed by atoms with Crippen molar-refractivity contribution in [2.75, 3.05) is 19.7 Å². The van der Waals surface area contributed by atoms with Crippen LogP contribution in [-0.4, -0.2) is 45.5 Å². The van der Waals surface area contributed by atoms with Gasteiger partial charge in [0.2, 0.25) is 0 Å². The van der Waals surface area contributed by atoms with E-state index in [1.807, 2.05) is 23.2 Å². The Morgan fingerprint density at radius 3 is 2.72 bits per heavy atom. The molecule has 1 aliphatic heterocycles. The van der Waals surface area contributed by atoms with E-state index in [1.165, 1.54) is 0 Å². The average molecular weight is 400 g/mol. The first-order valence-corrected chi connectivity index (χ1v) is 10.2. The zero-order valence-electron chi connectivity index (χ0n) is 16.6. The predicted octanol–water partition coefficient (Wildman–Crippen LogP) is 4.57. The minimum Gasteiger partial charge on any atom is -0.463 e. The Labute approximate surface area is 169 Å². The number of ether oxygens (including phenoxy) is 1. The van der Waals surface area contributed by atoms with E-state index >= 15 is 0 Å². The van der Waals surface area contributed by atoms with Gasteiger partial charge >= 0.3 is 6.01 Å². The summed E-state index contributed by atoms with van der Waals surface area (Å²) in [5.41, 5.74) is 5.03. The number of halogens is 2. The number of rotatable bonds is 8. The summed E-state index contributed by atoms with van der Waals surface area (Å²) >= 11 is 0. The van der Waals surface area contributed by atoms with Gasteiger partial charge in [-0.25, -0.2) is 13.8 Å². The van der Waals surface area contributed by atoms with E-state index in [4.69, 9.17) is 4.74 Å². The molecule has 1 aliphatic rings. The molecule has 29 heavy (non-hydrogen) atoms. The summed E-state index contributed by atoms with van der Waals surface area (Å²) in [6.07, 6.45) is 6.43. The van der Waals surface area contributed by atoms with Gasteiger partial charge in [-0.3, -0.25) is 4.90 Å². The van der Waals surface area contributed by atoms with E-state index in [9.17, 15) is 8.78 Å². The summed E-state index contributed by atoms with van der Waals surface area (Å²) in [6.45, 7) is 3.60. The molecular formula is C22H26F2N4O. The van der Waals surface area contributed by atoms with Gasteiger partial charge in [-0.05, 0) is 17.5 Å². The molecule has 154 valence electrons. The lowest BCUT2D eigenvalue weighted by atomic mass is 10.0. The van der Waals surface area contributed by atoms with Crippen LogP contribution in [0.15, 0.2) is 36.7 Å². The van der Waals surface area contributed by atoms with Crippen molar-refractivity contribution in [3.8, 4) is 6.01 Å². The molecule has 0 bridgehead atoms. The number of fused-ring (bicyclic) bond motifs is 1. The van der Waals surface area contributed by atoms with E-state index in [0.29, 0.717) is 25.7 Å². The molecule has 7 heteroatoms. The van der Waals surface area contributed by atoms with Crippen molar-refractivity contribution in [1.82, 2.24) is 19.9 Å². The average Bonchev–Trinajstić information content (AvgIpc) is 3.26. The minimum atomic E-state index is -2.55. The van der Waals surface area contributed by atoms with Crippen LogP contribution in [0.4, 0.5) is 8.78 Å². The molecule has 4 rings (SSSR count). The van der Waals surface area contributed by atoms with Crippen LogP contribution in [-0.2, 0) is 13.0 Å². The maximum absolute atomic E-state index is 13.4. The number of aromatic nitrogens is 3. The number of hydrogen-bond donors (Lipinski definition) is 1. The maximum atomic E-state index is 13.4. The highest BCUT2D eigenvalue weighted by molar-refractivity contribution is 5.78. The molecule has 0 spiro atoms. The third-order valence-electron chi connectivity index (χ3n) is 5.27. The Morgan fingerprint density at radius 2 is 2.00 bits per heavy atom. The monoisotopic (exact) mass is 400 g/mol. The van der Waals surface area contributed by atoms with Crippen molar-refractivity contribution in [2.24, 2.45) is 0 Å². The fourth-order valence-electron chi connectivity index (χ4n) is 3.64. The third kappa shape index (κ3) is 4.90. The van der Waals surface area contributed by atoms with Crippen LogP contribution in [0.5, 0.6) is 6.01 Å². The van der Waals surface area contributed by atoms with E-state index in [0.717, 1.165) is 47.0 Å². The van der Waals surface area contributed by atoms with E-state index < -0.39 is 5.92 Å². The van der Waals surface area contributed by atoms with Gasteiger partial charge in [0, 0.05) is 37.7 Å².